The van der Waals surface area contributed by atoms with Crippen molar-refractivity contribution >= 4 is 143 Å². The molecule has 0 radical (unpaired) electrons. The largest absolute Gasteiger partial charge is 0.472 e. The maximum atomic E-state index is 14.6. The molecule has 824 valence electrons. The Labute approximate surface area is 841 Å². The summed E-state index contributed by atoms with van der Waals surface area (Å²) in [4.78, 5) is 166. The van der Waals surface area contributed by atoms with Crippen LogP contribution in [0.25, 0.3) is 43.9 Å². The van der Waals surface area contributed by atoms with Crippen molar-refractivity contribution in [2.24, 2.45) is 0 Å². The third kappa shape index (κ3) is 30.1. The quantitative estimate of drug-likeness (QED) is 0.00731. The Hall–Kier alpha value is -7.03. The number of phosphoric ester groups is 9. The van der Waals surface area contributed by atoms with Crippen LogP contribution >= 0.6 is 70.4 Å². The first-order valence-corrected chi connectivity index (χ1v) is 59.2. The van der Waals surface area contributed by atoms with Crippen LogP contribution in [0, 0.1) is 30.3 Å². The van der Waals surface area contributed by atoms with E-state index >= 15 is 0 Å². The minimum Gasteiger partial charge on any atom is -0.382 e. The highest BCUT2D eigenvalue weighted by Crippen LogP contribution is 2.60. The number of ether oxygens (including phenoxy) is 8. The first kappa shape index (κ1) is 115. The highest BCUT2D eigenvalue weighted by molar-refractivity contribution is 7.49. The fourth-order valence-electron chi connectivity index (χ4n) is 18.1. The summed E-state index contributed by atoms with van der Waals surface area (Å²) < 4.78 is 269. The zero-order valence-corrected chi connectivity index (χ0v) is 86.6. The number of nitrogens with one attached hydrogen (secondary N) is 1. The minimum atomic E-state index is -5.58. The van der Waals surface area contributed by atoms with Crippen molar-refractivity contribution in [2.45, 2.75) is 226 Å². The summed E-state index contributed by atoms with van der Waals surface area (Å²) in [6.07, 6.45) is -25.8. The van der Waals surface area contributed by atoms with Gasteiger partial charge in [0.05, 0.1) is 115 Å². The molecule has 3 aromatic carbocycles. The summed E-state index contributed by atoms with van der Waals surface area (Å²) in [5.41, 5.74) is 6.46. The number of hydrogen-bond donors (Lipinski definition) is 12. The Balaban J connectivity index is 0.524. The molecule has 13 N–H and O–H groups in total. The highest BCUT2D eigenvalue weighted by atomic mass is 31.2. The molecule has 63 nitrogen and oxygen atoms in total. The summed E-state index contributed by atoms with van der Waals surface area (Å²) in [6, 6.07) is 16.1. The van der Waals surface area contributed by atoms with Crippen molar-refractivity contribution in [1.82, 2.24) is 38.5 Å². The highest BCUT2D eigenvalue weighted by Gasteiger charge is 2.53. The van der Waals surface area contributed by atoms with Gasteiger partial charge < -0.3 is 112 Å². The fourth-order valence-corrected chi connectivity index (χ4v) is 26.1. The SMILES string of the molecule is CC(=O)NCCCOP(=O)(O)OC1CC(n2ccc3cc([N+](=O)[O-])ccc32)OC1COP(=O)(O)OC1CC(n2ccc3cc([N+](=O)[O-])ccc32)OC1COP(=O)(O)OC1CC(n2ccc3cc([N+](=O)[O-])ccc32)OC1COP(=O)(O)OC1CC(C)OC1COP(=O)(O)OC1CC(C)OC1COP(=O)(O)OC1CC(C)OC1COP(=O)(O)OC1CCOC1COP(=O)(O)OC1CC(n2cnc3c(N)ncnc32)OC1COP(=O)(O)O. The fraction of sp³-hybridized carbons (Fsp3) is 0.610. The number of fused-ring (bicyclic) bond motifs is 4. The molecule has 5 aromatic heterocycles. The molecule has 8 aromatic rings. The maximum Gasteiger partial charge on any atom is 0.472 e. The summed E-state index contributed by atoms with van der Waals surface area (Å²) in [6.45, 7) is -1.88. The van der Waals surface area contributed by atoms with E-state index in [9.17, 15) is 125 Å². The zero-order chi connectivity index (χ0) is 107. The molecule has 31 atom stereocenters. The maximum absolute atomic E-state index is 14.6. The number of nitrogen functional groups attached to an aromatic ring is 1. The third-order valence-corrected chi connectivity index (χ3v) is 33.3. The Bertz CT molecular complexity index is 6640. The third-order valence-electron chi connectivity index (χ3n) is 24.7. The van der Waals surface area contributed by atoms with Crippen molar-refractivity contribution in [3.05, 3.63) is 134 Å². The molecule has 16 rings (SSSR count). The second-order valence-electron chi connectivity index (χ2n) is 35.5. The second-order valence-corrected chi connectivity index (χ2v) is 48.0. The molecule has 13 heterocycles. The number of nitrogens with zero attached hydrogens (tertiary/aromatic N) is 10. The van der Waals surface area contributed by atoms with E-state index in [0.717, 1.165) is 6.33 Å². The van der Waals surface area contributed by atoms with Crippen LogP contribution in [-0.2, 0) is 161 Å². The zero-order valence-electron chi connectivity index (χ0n) is 78.5. The number of non-ortho nitro benzene ring substituents is 3. The van der Waals surface area contributed by atoms with Gasteiger partial charge in [0.15, 0.2) is 11.5 Å². The van der Waals surface area contributed by atoms with E-state index in [2.05, 4.69) is 24.8 Å². The average molecular weight is 2290 g/mol. The lowest BCUT2D eigenvalue weighted by atomic mass is 10.1. The van der Waals surface area contributed by atoms with Crippen molar-refractivity contribution < 1.29 is 224 Å². The van der Waals surface area contributed by atoms with Gasteiger partial charge in [-0.3, -0.25) is 117 Å². The van der Waals surface area contributed by atoms with E-state index < -0.39 is 298 Å². The van der Waals surface area contributed by atoms with Gasteiger partial charge in [0.25, 0.3) is 17.1 Å². The number of carbonyl (C=O) groups is 1. The number of nitro groups is 3. The van der Waals surface area contributed by atoms with E-state index in [1.165, 1.54) is 144 Å². The van der Waals surface area contributed by atoms with Crippen LogP contribution in [0.5, 0.6) is 0 Å². The van der Waals surface area contributed by atoms with Gasteiger partial charge in [-0.25, -0.2) is 56.0 Å². The van der Waals surface area contributed by atoms with Gasteiger partial charge in [0.2, 0.25) is 5.91 Å². The smallest absolute Gasteiger partial charge is 0.382 e. The number of carbonyl (C=O) groups excluding carboxylic acids is 1. The van der Waals surface area contributed by atoms with Gasteiger partial charge >= 0.3 is 70.4 Å². The molecular weight excluding hydrogens is 2190 g/mol. The molecule has 0 saturated carbocycles. The summed E-state index contributed by atoms with van der Waals surface area (Å²) in [5.74, 6) is -0.371. The van der Waals surface area contributed by atoms with Crippen LogP contribution in [0.3, 0.4) is 0 Å². The molecule has 8 saturated heterocycles. The molecule has 0 aliphatic carbocycles. The molecule has 8 aliphatic heterocycles. The van der Waals surface area contributed by atoms with Crippen LogP contribution in [0.1, 0.15) is 110 Å². The first-order chi connectivity index (χ1) is 70.1. The first-order valence-electron chi connectivity index (χ1n) is 45.7. The molecule has 8 aliphatic rings. The van der Waals surface area contributed by atoms with Gasteiger partial charge in [0, 0.05) is 143 Å². The Kier molecular flexibility index (Phi) is 36.2. The Morgan fingerprint density at radius 1 is 0.396 bits per heavy atom. The number of amides is 1. The summed E-state index contributed by atoms with van der Waals surface area (Å²) >= 11 is 0. The molecular formula is C77H105N12O51P9. The molecule has 149 heavy (non-hydrogen) atoms. The van der Waals surface area contributed by atoms with E-state index in [0.29, 0.717) is 32.7 Å². The van der Waals surface area contributed by atoms with E-state index in [-0.39, 0.29) is 98.0 Å². The molecule has 31 unspecified atom stereocenters. The predicted octanol–water partition coefficient (Wildman–Crippen LogP) is 9.22. The van der Waals surface area contributed by atoms with Gasteiger partial charge in [-0.2, -0.15) is 0 Å². The van der Waals surface area contributed by atoms with Crippen molar-refractivity contribution in [3.8, 4) is 0 Å². The van der Waals surface area contributed by atoms with Crippen molar-refractivity contribution in [2.75, 3.05) is 78.3 Å². The molecule has 1 amide bonds. The topological polar surface area (TPSA) is 830 Å². The van der Waals surface area contributed by atoms with Gasteiger partial charge in [0.1, 0.15) is 134 Å². The van der Waals surface area contributed by atoms with Gasteiger partial charge in [-0.05, 0) is 63.6 Å². The van der Waals surface area contributed by atoms with Gasteiger partial charge in [-0.1, -0.05) is 0 Å². The van der Waals surface area contributed by atoms with Crippen LogP contribution < -0.4 is 11.1 Å². The Morgan fingerprint density at radius 2 is 0.691 bits per heavy atom. The van der Waals surface area contributed by atoms with Crippen molar-refractivity contribution in [3.63, 3.8) is 0 Å². The monoisotopic (exact) mass is 2290 g/mol. The number of rotatable bonds is 52. The van der Waals surface area contributed by atoms with E-state index in [1.54, 1.807) is 0 Å². The lowest BCUT2D eigenvalue weighted by Gasteiger charge is -2.26. The molecule has 0 bridgehead atoms. The number of imidazole rings is 1. The summed E-state index contributed by atoms with van der Waals surface area (Å²) in [5, 5.41) is 38.8. The number of anilines is 1. The average Bonchev–Trinajstić information content (AvgIpc) is 1.64. The van der Waals surface area contributed by atoms with E-state index in [1.807, 2.05) is 0 Å². The number of hydrogen-bond acceptors (Lipinski definition) is 45. The van der Waals surface area contributed by atoms with Gasteiger partial charge in [-0.15, -0.1) is 0 Å². The molecule has 8 fully saturated rings. The van der Waals surface area contributed by atoms with Crippen LogP contribution in [0.15, 0.2) is 104 Å². The number of aromatic nitrogens is 7. The lowest BCUT2D eigenvalue weighted by Crippen LogP contribution is -2.32. The number of nitrogens with two attached hydrogens (primary N) is 1. The minimum absolute atomic E-state index is 0.0118. The standard InChI is InChI=1S/C77H105N12O51P9/c1-42-22-56(64(126-42)34-120-143(102,103)133-55-15-21-116-63(55)32-119-144(104,105)140-62-31-74(132-67(62)33-118-141(97,98)99)86-41-82-75-76(78)80-40-81-77(75)86)134-145(106,107)121-35-65-57(23-43(2)127-65)135-146(108,109)122-36-66-58(24-44(3)128-66)136-147(110,111)123-38-69-60(29-72(130-69)84-18-13-47-26-50(88(93)94)7-10-53(47)84)138-149(114,115)125-39-70-61(30-73(131-70)85-19-14-48-27-51(89(95)96)8-11-54(48)85)139-148(112,113)124-37-68-59(137-142(100,101)117-20-5-16-79-45(4)90)28-71(129-68)83-17-12-46-25-49(87(91)92)6-9-52(46)83/h6-14,17-19,25-27,40-44,55-74H,5,15-16,20-24,28-39H2,1-4H3,(H,79,90)(H,100,101)(H,102,103)(H,104,105)(H,106,107)(H,108,109)(H,110,111)(H,112,113)(H,114,115)(H2,78,80,81)(H2,97,98,99). The van der Waals surface area contributed by atoms with Crippen LogP contribution in [-0.4, -0.2) is 291 Å². The normalized spacial score (nSPS) is 31.2. The predicted molar refractivity (Wildman–Crippen MR) is 497 cm³/mol. The molecule has 72 heteroatoms. The summed E-state index contributed by atoms with van der Waals surface area (Å²) in [7, 11) is -47.5. The number of benzene rings is 3. The Morgan fingerprint density at radius 3 is 1.01 bits per heavy atom. The molecule has 0 spiro atoms. The lowest BCUT2D eigenvalue weighted by molar-refractivity contribution is -0.384. The van der Waals surface area contributed by atoms with Crippen molar-refractivity contribution in [1.29, 1.82) is 0 Å². The van der Waals surface area contributed by atoms with Crippen LogP contribution in [0.4, 0.5) is 22.9 Å². The van der Waals surface area contributed by atoms with E-state index in [4.69, 9.17) is 116 Å². The van der Waals surface area contributed by atoms with Crippen LogP contribution in [0.2, 0.25) is 0 Å². The second kappa shape index (κ2) is 47.2. The number of nitro benzene ring substituents is 3. The number of phosphoric acid groups is 9.